The summed E-state index contributed by atoms with van der Waals surface area (Å²) in [5, 5.41) is 5.82. The summed E-state index contributed by atoms with van der Waals surface area (Å²) in [6, 6.07) is 16.1. The van der Waals surface area contributed by atoms with Gasteiger partial charge in [0.05, 0.1) is 26.9 Å². The van der Waals surface area contributed by atoms with Gasteiger partial charge in [-0.3, -0.25) is 4.79 Å². The summed E-state index contributed by atoms with van der Waals surface area (Å²) in [4.78, 5) is 12.4. The first-order valence-electron chi connectivity index (χ1n) is 9.81. The Balaban J connectivity index is 1.44. The molecule has 0 unspecified atom stereocenters. The molecule has 3 aromatic carbocycles. The smallest absolute Gasteiger partial charge is 0.307 e. The number of hydrogen-bond donors (Lipinski definition) is 1. The van der Waals surface area contributed by atoms with E-state index < -0.39 is 5.91 Å². The minimum Gasteiger partial charge on any atom is -0.493 e. The van der Waals surface area contributed by atoms with Crippen LogP contribution in [0.5, 0.6) is 11.5 Å². The van der Waals surface area contributed by atoms with Gasteiger partial charge in [-0.2, -0.15) is 5.10 Å². The van der Waals surface area contributed by atoms with Crippen molar-refractivity contribution in [1.29, 1.82) is 0 Å². The molecule has 10 heteroatoms. The molecule has 1 aromatic heterocycles. The van der Waals surface area contributed by atoms with Crippen molar-refractivity contribution in [2.24, 2.45) is 5.10 Å². The number of nitrogens with one attached hydrogen (secondary N) is 1. The zero-order valence-corrected chi connectivity index (χ0v) is 22.8. The second-order valence-electron chi connectivity index (χ2n) is 7.06. The lowest BCUT2D eigenvalue weighted by Gasteiger charge is -2.14. The molecule has 0 saturated carbocycles. The maximum atomic E-state index is 12.4. The minimum atomic E-state index is -0.452. The molecule has 0 aliphatic rings. The van der Waals surface area contributed by atoms with Gasteiger partial charge in [0.2, 0.25) is 0 Å². The van der Waals surface area contributed by atoms with Gasteiger partial charge in [-0.1, -0.05) is 45.2 Å². The first kappa shape index (κ1) is 24.8. The maximum Gasteiger partial charge on any atom is 0.307 e. The van der Waals surface area contributed by atoms with Crippen molar-refractivity contribution in [3.63, 3.8) is 0 Å². The number of nitrogens with zero attached hydrogens (tertiary/aromatic N) is 1. The number of rotatable bonds is 7. The van der Waals surface area contributed by atoms with E-state index in [1.807, 2.05) is 24.3 Å². The summed E-state index contributed by atoms with van der Waals surface area (Å²) in [5.74, 6) is 0.835. The Morgan fingerprint density at radius 3 is 2.74 bits per heavy atom. The quantitative estimate of drug-likeness (QED) is 0.126. The molecule has 0 atom stereocenters. The van der Waals surface area contributed by atoms with Gasteiger partial charge in [0, 0.05) is 9.86 Å². The lowest BCUT2D eigenvalue weighted by molar-refractivity contribution is 0.0929. The fourth-order valence-corrected chi connectivity index (χ4v) is 4.57. The normalized spacial score (nSPS) is 11.2. The van der Waals surface area contributed by atoms with Crippen molar-refractivity contribution in [1.82, 2.24) is 5.43 Å². The number of carbonyl (C=O) groups is 1. The Morgan fingerprint density at radius 2 is 1.97 bits per heavy atom. The average Bonchev–Trinajstić information content (AvgIpc) is 3.23. The molecule has 4 rings (SSSR count). The predicted molar refractivity (Wildman–Crippen MR) is 145 cm³/mol. The van der Waals surface area contributed by atoms with Crippen LogP contribution in [0, 0.1) is 3.57 Å². The molecule has 34 heavy (non-hydrogen) atoms. The van der Waals surface area contributed by atoms with Crippen LogP contribution in [0.15, 0.2) is 68.6 Å². The predicted octanol–water partition coefficient (Wildman–Crippen LogP) is 7.46. The van der Waals surface area contributed by atoms with Gasteiger partial charge in [0.1, 0.15) is 12.2 Å². The summed E-state index contributed by atoms with van der Waals surface area (Å²) >= 11 is 17.6. The summed E-state index contributed by atoms with van der Waals surface area (Å²) in [6.07, 6.45) is 1.52. The number of hydrazone groups is 1. The molecule has 0 aliphatic heterocycles. The average molecular weight is 674 g/mol. The molecule has 0 radical (unpaired) electrons. The van der Waals surface area contributed by atoms with Gasteiger partial charge in [0.15, 0.2) is 17.3 Å². The molecular weight excluding hydrogens is 658 g/mol. The Labute approximate surface area is 227 Å². The van der Waals surface area contributed by atoms with Crippen molar-refractivity contribution < 1.29 is 18.7 Å². The van der Waals surface area contributed by atoms with E-state index in [0.717, 1.165) is 24.6 Å². The maximum absolute atomic E-state index is 12.4. The van der Waals surface area contributed by atoms with Crippen molar-refractivity contribution >= 4 is 84.8 Å². The number of methoxy groups -OCH3 is 1. The zero-order valence-electron chi connectivity index (χ0n) is 17.6. The van der Waals surface area contributed by atoms with E-state index in [1.54, 1.807) is 37.4 Å². The first-order chi connectivity index (χ1) is 16.3. The van der Waals surface area contributed by atoms with Gasteiger partial charge < -0.3 is 13.9 Å². The molecule has 1 heterocycles. The third-order valence-electron chi connectivity index (χ3n) is 4.70. The van der Waals surface area contributed by atoms with Crippen LogP contribution in [-0.4, -0.2) is 19.2 Å². The molecule has 0 aliphatic carbocycles. The van der Waals surface area contributed by atoms with Crippen LogP contribution < -0.4 is 14.9 Å². The number of benzene rings is 3. The standard InChI is InChI=1S/C24H16BrCl2IN2O4/c1-32-21-8-14(7-19(28)23(21)33-12-13-2-4-17(26)18(27)6-13)11-29-30-24(31)22-10-15-9-16(25)3-5-20(15)34-22/h2-11H,12H2,1H3,(H,30,31)/b29-11+. The SMILES string of the molecule is COc1cc(/C=N/NC(=O)c2cc3cc(Br)ccc3o2)cc(I)c1OCc1ccc(Cl)c(Cl)c1. The highest BCUT2D eigenvalue weighted by atomic mass is 127. The van der Waals surface area contributed by atoms with Crippen LogP contribution in [-0.2, 0) is 6.61 Å². The molecule has 174 valence electrons. The third-order valence-corrected chi connectivity index (χ3v) is 6.73. The Hall–Kier alpha value is -2.27. The van der Waals surface area contributed by atoms with Gasteiger partial charge in [-0.05, 0) is 82.2 Å². The highest BCUT2D eigenvalue weighted by Gasteiger charge is 2.14. The second kappa shape index (κ2) is 11.0. The fraction of sp³-hybridized carbons (Fsp3) is 0.0833. The number of furan rings is 1. The Morgan fingerprint density at radius 1 is 1.15 bits per heavy atom. The van der Waals surface area contributed by atoms with Crippen molar-refractivity contribution in [3.05, 3.63) is 89.6 Å². The van der Waals surface area contributed by atoms with Crippen LogP contribution >= 0.6 is 61.7 Å². The molecule has 0 spiro atoms. The van der Waals surface area contributed by atoms with E-state index >= 15 is 0 Å². The zero-order chi connectivity index (χ0) is 24.2. The number of carbonyl (C=O) groups excluding carboxylic acids is 1. The second-order valence-corrected chi connectivity index (χ2v) is 9.96. The van der Waals surface area contributed by atoms with Crippen LogP contribution in [0.25, 0.3) is 11.0 Å². The van der Waals surface area contributed by atoms with E-state index in [2.05, 4.69) is 49.0 Å². The van der Waals surface area contributed by atoms with Crippen LogP contribution in [0.2, 0.25) is 10.0 Å². The number of amides is 1. The van der Waals surface area contributed by atoms with E-state index in [-0.39, 0.29) is 5.76 Å². The molecular formula is C24H16BrCl2IN2O4. The van der Waals surface area contributed by atoms with Gasteiger partial charge >= 0.3 is 5.91 Å². The Kier molecular flexibility index (Phi) is 8.02. The fourth-order valence-electron chi connectivity index (χ4n) is 3.09. The van der Waals surface area contributed by atoms with E-state index in [0.29, 0.717) is 33.7 Å². The van der Waals surface area contributed by atoms with E-state index in [1.165, 1.54) is 6.21 Å². The van der Waals surface area contributed by atoms with Gasteiger partial charge in [-0.25, -0.2) is 5.43 Å². The minimum absolute atomic E-state index is 0.170. The monoisotopic (exact) mass is 672 g/mol. The van der Waals surface area contributed by atoms with Crippen molar-refractivity contribution in [3.8, 4) is 11.5 Å². The van der Waals surface area contributed by atoms with Gasteiger partial charge in [0.25, 0.3) is 0 Å². The molecule has 1 N–H and O–H groups in total. The van der Waals surface area contributed by atoms with Crippen LogP contribution in [0.4, 0.5) is 0 Å². The van der Waals surface area contributed by atoms with Crippen LogP contribution in [0.1, 0.15) is 21.7 Å². The molecule has 0 saturated heterocycles. The number of fused-ring (bicyclic) bond motifs is 1. The highest BCUT2D eigenvalue weighted by Crippen LogP contribution is 2.34. The lowest BCUT2D eigenvalue weighted by Crippen LogP contribution is -2.16. The highest BCUT2D eigenvalue weighted by molar-refractivity contribution is 14.1. The summed E-state index contributed by atoms with van der Waals surface area (Å²) in [7, 11) is 1.56. The number of hydrogen-bond acceptors (Lipinski definition) is 5. The summed E-state index contributed by atoms with van der Waals surface area (Å²) < 4.78 is 18.8. The molecule has 1 amide bonds. The van der Waals surface area contributed by atoms with Crippen molar-refractivity contribution in [2.75, 3.05) is 7.11 Å². The topological polar surface area (TPSA) is 73.1 Å². The summed E-state index contributed by atoms with van der Waals surface area (Å²) in [6.45, 7) is 0.292. The molecule has 0 fully saturated rings. The Bertz CT molecular complexity index is 1410. The number of halogens is 4. The lowest BCUT2D eigenvalue weighted by atomic mass is 10.2. The van der Waals surface area contributed by atoms with E-state index in [4.69, 9.17) is 37.1 Å². The summed E-state index contributed by atoms with van der Waals surface area (Å²) in [5.41, 5.74) is 4.69. The molecule has 4 aromatic rings. The third kappa shape index (κ3) is 5.86. The van der Waals surface area contributed by atoms with E-state index in [9.17, 15) is 4.79 Å². The van der Waals surface area contributed by atoms with Crippen LogP contribution in [0.3, 0.4) is 0 Å². The molecule has 0 bridgehead atoms. The largest absolute Gasteiger partial charge is 0.493 e. The molecule has 6 nitrogen and oxygen atoms in total. The van der Waals surface area contributed by atoms with Crippen molar-refractivity contribution in [2.45, 2.75) is 6.61 Å². The number of ether oxygens (including phenoxy) is 2. The van der Waals surface area contributed by atoms with Gasteiger partial charge in [-0.15, -0.1) is 0 Å². The first-order valence-corrected chi connectivity index (χ1v) is 12.4.